The third kappa shape index (κ3) is 2.37. The predicted octanol–water partition coefficient (Wildman–Crippen LogP) is -0.224. The van der Waals surface area contributed by atoms with E-state index in [0.29, 0.717) is 19.0 Å². The molecule has 1 heterocycles. The maximum atomic E-state index is 9.01. The topological polar surface area (TPSA) is 61.8 Å². The van der Waals surface area contributed by atoms with E-state index in [2.05, 4.69) is 4.99 Å². The number of aliphatic hydroxyl groups excluding tert-OH is 1. The van der Waals surface area contributed by atoms with Crippen molar-refractivity contribution >= 4 is 5.96 Å². The molecule has 4 nitrogen and oxygen atoms in total. The minimum absolute atomic E-state index is 0.134. The molecule has 0 aromatic rings. The third-order valence-corrected chi connectivity index (χ3v) is 1.64. The summed E-state index contributed by atoms with van der Waals surface area (Å²) in [5.41, 5.74) is 5.56. The summed E-state index contributed by atoms with van der Waals surface area (Å²) in [5.74, 6) is 0.535. The summed E-state index contributed by atoms with van der Waals surface area (Å²) in [6.45, 7) is 7.22. The number of likely N-dealkylation sites (tertiary alicyclic amines) is 1. The van der Waals surface area contributed by atoms with Crippen LogP contribution in [-0.2, 0) is 0 Å². The largest absolute Gasteiger partial charge is 0.389 e. The SMILES string of the molecule is CC(C)(C)N=C(N)N1CC(O)C1. The summed E-state index contributed by atoms with van der Waals surface area (Å²) in [6, 6.07) is 0. The van der Waals surface area contributed by atoms with Crippen LogP contribution in [0.25, 0.3) is 0 Å². The van der Waals surface area contributed by atoms with Crippen molar-refractivity contribution in [3.8, 4) is 0 Å². The van der Waals surface area contributed by atoms with Gasteiger partial charge in [-0.1, -0.05) is 0 Å². The van der Waals surface area contributed by atoms with Crippen molar-refractivity contribution in [2.45, 2.75) is 32.4 Å². The maximum Gasteiger partial charge on any atom is 0.191 e. The van der Waals surface area contributed by atoms with Crippen LogP contribution in [0.2, 0.25) is 0 Å². The Bertz CT molecular complexity index is 189. The molecule has 0 aromatic heterocycles. The molecule has 0 aromatic carbocycles. The first kappa shape index (κ1) is 9.32. The van der Waals surface area contributed by atoms with Crippen LogP contribution >= 0.6 is 0 Å². The van der Waals surface area contributed by atoms with Crippen molar-refractivity contribution in [1.29, 1.82) is 0 Å². The molecule has 0 unspecified atom stereocenters. The van der Waals surface area contributed by atoms with Crippen molar-refractivity contribution in [3.63, 3.8) is 0 Å². The summed E-state index contributed by atoms with van der Waals surface area (Å²) in [7, 11) is 0. The van der Waals surface area contributed by atoms with E-state index in [1.165, 1.54) is 0 Å². The molecule has 1 aliphatic heterocycles. The third-order valence-electron chi connectivity index (χ3n) is 1.64. The van der Waals surface area contributed by atoms with Gasteiger partial charge in [0.2, 0.25) is 0 Å². The Balaban J connectivity index is 2.48. The van der Waals surface area contributed by atoms with Gasteiger partial charge >= 0.3 is 0 Å². The van der Waals surface area contributed by atoms with Crippen molar-refractivity contribution in [3.05, 3.63) is 0 Å². The average Bonchev–Trinajstić information content (AvgIpc) is 1.76. The van der Waals surface area contributed by atoms with Crippen LogP contribution in [0.4, 0.5) is 0 Å². The molecule has 0 aliphatic carbocycles. The minimum Gasteiger partial charge on any atom is -0.389 e. The van der Waals surface area contributed by atoms with Crippen molar-refractivity contribution in [2.24, 2.45) is 10.7 Å². The van der Waals surface area contributed by atoms with Crippen molar-refractivity contribution in [1.82, 2.24) is 4.90 Å². The number of hydrogen-bond donors (Lipinski definition) is 2. The normalized spacial score (nSPS) is 21.0. The van der Waals surface area contributed by atoms with Gasteiger partial charge in [-0.15, -0.1) is 0 Å². The molecule has 0 spiro atoms. The van der Waals surface area contributed by atoms with E-state index in [0.717, 1.165) is 0 Å². The van der Waals surface area contributed by atoms with Gasteiger partial charge in [-0.2, -0.15) is 0 Å². The lowest BCUT2D eigenvalue weighted by Crippen LogP contribution is -2.56. The van der Waals surface area contributed by atoms with Crippen molar-refractivity contribution in [2.75, 3.05) is 13.1 Å². The van der Waals surface area contributed by atoms with Gasteiger partial charge in [-0.25, -0.2) is 4.99 Å². The van der Waals surface area contributed by atoms with Gasteiger partial charge < -0.3 is 15.7 Å². The number of nitrogens with two attached hydrogens (primary N) is 1. The summed E-state index contributed by atoms with van der Waals surface area (Å²) < 4.78 is 0. The number of rotatable bonds is 0. The summed E-state index contributed by atoms with van der Waals surface area (Å²) in [6.07, 6.45) is -0.223. The molecule has 1 saturated heterocycles. The highest BCUT2D eigenvalue weighted by Gasteiger charge is 2.26. The second-order valence-electron chi connectivity index (χ2n) is 4.20. The molecule has 3 N–H and O–H groups in total. The Hall–Kier alpha value is -0.770. The molecule has 1 rings (SSSR count). The molecule has 0 atom stereocenters. The molecule has 1 fully saturated rings. The highest BCUT2D eigenvalue weighted by atomic mass is 16.3. The fourth-order valence-corrected chi connectivity index (χ4v) is 1.06. The standard InChI is InChI=1S/C8H17N3O/c1-8(2,3)10-7(9)11-4-6(12)5-11/h6,12H,4-5H2,1-3H3,(H2,9,10). The van der Waals surface area contributed by atoms with E-state index < -0.39 is 0 Å². The van der Waals surface area contributed by atoms with Gasteiger partial charge in [-0.3, -0.25) is 0 Å². The van der Waals surface area contributed by atoms with Gasteiger partial charge in [0.15, 0.2) is 5.96 Å². The van der Waals surface area contributed by atoms with E-state index in [1.54, 1.807) is 0 Å². The smallest absolute Gasteiger partial charge is 0.191 e. The zero-order chi connectivity index (χ0) is 9.35. The quantitative estimate of drug-likeness (QED) is 0.391. The van der Waals surface area contributed by atoms with E-state index in [1.807, 2.05) is 25.7 Å². The van der Waals surface area contributed by atoms with Crippen LogP contribution in [0.15, 0.2) is 4.99 Å². The number of aliphatic imine (C=N–C) groups is 1. The number of guanidine groups is 1. The average molecular weight is 171 g/mol. The molecule has 0 saturated carbocycles. The fraction of sp³-hybridized carbons (Fsp3) is 0.875. The zero-order valence-electron chi connectivity index (χ0n) is 7.91. The van der Waals surface area contributed by atoms with Crippen LogP contribution in [0.3, 0.4) is 0 Å². The fourth-order valence-electron chi connectivity index (χ4n) is 1.06. The molecule has 0 amide bonds. The van der Waals surface area contributed by atoms with Crippen LogP contribution in [-0.4, -0.2) is 40.7 Å². The van der Waals surface area contributed by atoms with Crippen LogP contribution in [0, 0.1) is 0 Å². The first-order valence-corrected chi connectivity index (χ1v) is 4.17. The Morgan fingerprint density at radius 3 is 2.33 bits per heavy atom. The Morgan fingerprint density at radius 1 is 1.50 bits per heavy atom. The zero-order valence-corrected chi connectivity index (χ0v) is 7.91. The lowest BCUT2D eigenvalue weighted by Gasteiger charge is -2.37. The lowest BCUT2D eigenvalue weighted by atomic mass is 10.1. The van der Waals surface area contributed by atoms with E-state index in [4.69, 9.17) is 10.8 Å². The first-order chi connectivity index (χ1) is 5.38. The van der Waals surface area contributed by atoms with Crippen molar-refractivity contribution < 1.29 is 5.11 Å². The molecule has 70 valence electrons. The number of aliphatic hydroxyl groups is 1. The van der Waals surface area contributed by atoms with Crippen LogP contribution in [0.5, 0.6) is 0 Å². The number of β-amino-alcohol motifs (C(OH)–C–C–N with tert-alkyl or cyclic N) is 1. The molecule has 12 heavy (non-hydrogen) atoms. The van der Waals surface area contributed by atoms with E-state index in [9.17, 15) is 0 Å². The van der Waals surface area contributed by atoms with Gasteiger partial charge in [0.25, 0.3) is 0 Å². The minimum atomic E-state index is -0.223. The Kier molecular flexibility index (Phi) is 2.28. The lowest BCUT2D eigenvalue weighted by molar-refractivity contribution is 0.0453. The highest BCUT2D eigenvalue weighted by molar-refractivity contribution is 5.79. The Morgan fingerprint density at radius 2 is 2.00 bits per heavy atom. The van der Waals surface area contributed by atoms with Crippen LogP contribution in [0.1, 0.15) is 20.8 Å². The molecular weight excluding hydrogens is 154 g/mol. The number of nitrogens with zero attached hydrogens (tertiary/aromatic N) is 2. The molecule has 0 radical (unpaired) electrons. The predicted molar refractivity (Wildman–Crippen MR) is 49.0 cm³/mol. The molecule has 1 aliphatic rings. The number of hydrogen-bond acceptors (Lipinski definition) is 2. The second kappa shape index (κ2) is 2.94. The molecular formula is C8H17N3O. The van der Waals surface area contributed by atoms with Gasteiger partial charge in [0.05, 0.1) is 11.6 Å². The van der Waals surface area contributed by atoms with Gasteiger partial charge in [0.1, 0.15) is 0 Å². The summed E-state index contributed by atoms with van der Waals surface area (Å²) in [5, 5.41) is 9.01. The first-order valence-electron chi connectivity index (χ1n) is 4.17. The molecule has 0 bridgehead atoms. The second-order valence-corrected chi connectivity index (χ2v) is 4.20. The Labute approximate surface area is 73.1 Å². The maximum absolute atomic E-state index is 9.01. The van der Waals surface area contributed by atoms with Crippen LogP contribution < -0.4 is 5.73 Å². The summed E-state index contributed by atoms with van der Waals surface area (Å²) >= 11 is 0. The van der Waals surface area contributed by atoms with Gasteiger partial charge in [0, 0.05) is 13.1 Å². The monoisotopic (exact) mass is 171 g/mol. The summed E-state index contributed by atoms with van der Waals surface area (Å²) in [4.78, 5) is 6.15. The van der Waals surface area contributed by atoms with Gasteiger partial charge in [-0.05, 0) is 20.8 Å². The van der Waals surface area contributed by atoms with E-state index >= 15 is 0 Å². The molecule has 4 heteroatoms. The van der Waals surface area contributed by atoms with E-state index in [-0.39, 0.29) is 11.6 Å². The highest BCUT2D eigenvalue weighted by Crippen LogP contribution is 2.11.